The molecule has 2 saturated heterocycles. The highest BCUT2D eigenvalue weighted by molar-refractivity contribution is 5.97. The Bertz CT molecular complexity index is 1310. The summed E-state index contributed by atoms with van der Waals surface area (Å²) in [6.07, 6.45) is 4.41. The molecule has 4 aliphatic rings. The van der Waals surface area contributed by atoms with Gasteiger partial charge in [-0.25, -0.2) is 4.39 Å². The minimum Gasteiger partial charge on any atom is -0.334 e. The predicted molar refractivity (Wildman–Crippen MR) is 149 cm³/mol. The van der Waals surface area contributed by atoms with E-state index in [4.69, 9.17) is 4.98 Å². The summed E-state index contributed by atoms with van der Waals surface area (Å²) in [5.74, 6) is -0.00613. The van der Waals surface area contributed by atoms with Crippen molar-refractivity contribution in [3.05, 3.63) is 71.3 Å². The number of anilines is 1. The molecule has 206 valence electrons. The first-order chi connectivity index (χ1) is 18.6. The number of benzene rings is 1. The van der Waals surface area contributed by atoms with Gasteiger partial charge in [0.1, 0.15) is 5.82 Å². The number of amides is 2. The van der Waals surface area contributed by atoms with Gasteiger partial charge in [0.15, 0.2) is 0 Å². The van der Waals surface area contributed by atoms with Crippen LogP contribution in [0.3, 0.4) is 0 Å². The average Bonchev–Trinajstić information content (AvgIpc) is 3.47. The van der Waals surface area contributed by atoms with Crippen LogP contribution in [0.5, 0.6) is 0 Å². The molecule has 3 fully saturated rings. The SMILES string of the molecule is C=C1[C@H]2CC[C@@H]1N(C[C@H]1CN[C@H](C)CN1CC(=O)N1CC(C)(C)c3ncc(Cc4ccc(F)cc4)cc31)C2=O. The number of hydrogen-bond acceptors (Lipinski definition) is 5. The van der Waals surface area contributed by atoms with Crippen molar-refractivity contribution in [3.8, 4) is 0 Å². The van der Waals surface area contributed by atoms with Crippen LogP contribution in [0, 0.1) is 11.7 Å². The lowest BCUT2D eigenvalue weighted by atomic mass is 9.91. The first-order valence-electron chi connectivity index (χ1n) is 14.1. The Morgan fingerprint density at radius 1 is 1.21 bits per heavy atom. The maximum Gasteiger partial charge on any atom is 0.241 e. The third-order valence-electron chi connectivity index (χ3n) is 9.07. The second-order valence-corrected chi connectivity index (χ2v) is 12.5. The number of pyridine rings is 1. The number of halogens is 1. The molecule has 3 aliphatic heterocycles. The van der Waals surface area contributed by atoms with Gasteiger partial charge < -0.3 is 15.1 Å². The van der Waals surface area contributed by atoms with Crippen molar-refractivity contribution >= 4 is 17.5 Å². The van der Waals surface area contributed by atoms with Crippen molar-refractivity contribution in [1.29, 1.82) is 0 Å². The number of hydrogen-bond donors (Lipinski definition) is 1. The van der Waals surface area contributed by atoms with E-state index in [9.17, 15) is 14.0 Å². The number of likely N-dealkylation sites (tertiary alicyclic amines) is 1. The maximum absolute atomic E-state index is 13.9. The van der Waals surface area contributed by atoms with Crippen LogP contribution in [0.4, 0.5) is 10.1 Å². The topological polar surface area (TPSA) is 68.8 Å². The van der Waals surface area contributed by atoms with Gasteiger partial charge in [-0.3, -0.25) is 19.5 Å². The van der Waals surface area contributed by atoms with Gasteiger partial charge in [-0.15, -0.1) is 0 Å². The minimum atomic E-state index is -0.253. The van der Waals surface area contributed by atoms with Crippen LogP contribution in [0.25, 0.3) is 0 Å². The summed E-state index contributed by atoms with van der Waals surface area (Å²) < 4.78 is 13.4. The Hall–Kier alpha value is -3.10. The van der Waals surface area contributed by atoms with Crippen molar-refractivity contribution in [1.82, 2.24) is 20.1 Å². The standard InChI is InChI=1S/C31H38FN5O2/c1-19-15-35(24(14-33-19)16-36-26-10-9-25(20(26)2)30(36)39)17-28(38)37-18-31(3,4)29-27(37)12-22(13-34-29)11-21-5-7-23(32)8-6-21/h5-8,12-13,19,24-26,33H,2,9-11,14-18H2,1,3-4H3/t19-,24-,25-,26+/m1/s1. The van der Waals surface area contributed by atoms with Crippen LogP contribution in [-0.4, -0.2) is 77.4 Å². The summed E-state index contributed by atoms with van der Waals surface area (Å²) >= 11 is 0. The van der Waals surface area contributed by atoms with E-state index in [1.165, 1.54) is 12.1 Å². The van der Waals surface area contributed by atoms with Gasteiger partial charge in [-0.2, -0.15) is 0 Å². The maximum atomic E-state index is 13.9. The van der Waals surface area contributed by atoms with Gasteiger partial charge in [0, 0.05) is 49.9 Å². The molecule has 0 spiro atoms. The van der Waals surface area contributed by atoms with Crippen LogP contribution in [-0.2, 0) is 21.4 Å². The fourth-order valence-corrected chi connectivity index (χ4v) is 6.96. The number of fused-ring (bicyclic) bond motifs is 3. The Balaban J connectivity index is 1.20. The highest BCUT2D eigenvalue weighted by Gasteiger charge is 2.49. The molecule has 6 rings (SSSR count). The molecular weight excluding hydrogens is 493 g/mol. The molecule has 39 heavy (non-hydrogen) atoms. The number of rotatable bonds is 6. The first kappa shape index (κ1) is 26.1. The van der Waals surface area contributed by atoms with E-state index >= 15 is 0 Å². The summed E-state index contributed by atoms with van der Waals surface area (Å²) in [6.45, 7) is 13.6. The van der Waals surface area contributed by atoms with E-state index in [-0.39, 0.29) is 47.1 Å². The molecule has 1 saturated carbocycles. The van der Waals surface area contributed by atoms with E-state index in [1.807, 2.05) is 16.0 Å². The molecule has 4 atom stereocenters. The highest BCUT2D eigenvalue weighted by atomic mass is 19.1. The van der Waals surface area contributed by atoms with Crippen LogP contribution in [0.15, 0.2) is 48.7 Å². The molecule has 1 aromatic carbocycles. The smallest absolute Gasteiger partial charge is 0.241 e. The third kappa shape index (κ3) is 4.78. The lowest BCUT2D eigenvalue weighted by Gasteiger charge is -2.42. The van der Waals surface area contributed by atoms with Gasteiger partial charge in [-0.05, 0) is 61.1 Å². The summed E-state index contributed by atoms with van der Waals surface area (Å²) in [5, 5.41) is 3.55. The van der Waals surface area contributed by atoms with Gasteiger partial charge in [0.2, 0.25) is 11.8 Å². The number of piperazine rings is 1. The molecule has 1 N–H and O–H groups in total. The molecular formula is C31H38FN5O2. The van der Waals surface area contributed by atoms with E-state index in [0.717, 1.165) is 54.0 Å². The quantitative estimate of drug-likeness (QED) is 0.580. The number of nitrogens with zero attached hydrogens (tertiary/aromatic N) is 4. The third-order valence-corrected chi connectivity index (χ3v) is 9.07. The molecule has 2 amide bonds. The van der Waals surface area contributed by atoms with E-state index in [1.54, 1.807) is 12.1 Å². The summed E-state index contributed by atoms with van der Waals surface area (Å²) in [7, 11) is 0. The van der Waals surface area contributed by atoms with Crippen molar-refractivity contribution in [2.45, 2.75) is 63.6 Å². The lowest BCUT2D eigenvalue weighted by molar-refractivity contribution is -0.135. The van der Waals surface area contributed by atoms with E-state index in [2.05, 4.69) is 43.6 Å². The Morgan fingerprint density at radius 2 is 1.97 bits per heavy atom. The zero-order valence-electron chi connectivity index (χ0n) is 23.1. The van der Waals surface area contributed by atoms with Crippen LogP contribution in [0.1, 0.15) is 50.4 Å². The number of nitrogens with one attached hydrogen (secondary N) is 1. The van der Waals surface area contributed by atoms with Gasteiger partial charge in [0.05, 0.1) is 29.9 Å². The van der Waals surface area contributed by atoms with Crippen molar-refractivity contribution in [3.63, 3.8) is 0 Å². The molecule has 2 bridgehead atoms. The second-order valence-electron chi connectivity index (χ2n) is 12.5. The van der Waals surface area contributed by atoms with Crippen LogP contribution in [0.2, 0.25) is 0 Å². The van der Waals surface area contributed by atoms with Crippen molar-refractivity contribution in [2.75, 3.05) is 37.6 Å². The van der Waals surface area contributed by atoms with Gasteiger partial charge in [-0.1, -0.05) is 32.6 Å². The number of aromatic nitrogens is 1. The number of piperidine rings is 1. The second kappa shape index (κ2) is 9.82. The van der Waals surface area contributed by atoms with Gasteiger partial charge in [0.25, 0.3) is 0 Å². The van der Waals surface area contributed by atoms with Crippen LogP contribution < -0.4 is 10.2 Å². The largest absolute Gasteiger partial charge is 0.334 e. The minimum absolute atomic E-state index is 0.0134. The number of carbonyl (C=O) groups excluding carboxylic acids is 2. The van der Waals surface area contributed by atoms with Gasteiger partial charge >= 0.3 is 0 Å². The molecule has 1 aromatic heterocycles. The molecule has 7 nitrogen and oxygen atoms in total. The summed E-state index contributed by atoms with van der Waals surface area (Å²) in [5.41, 5.74) is 4.61. The Labute approximate surface area is 230 Å². The Kier molecular flexibility index (Phi) is 6.58. The average molecular weight is 532 g/mol. The first-order valence-corrected chi connectivity index (χ1v) is 14.1. The highest BCUT2D eigenvalue weighted by Crippen LogP contribution is 2.43. The molecule has 8 heteroatoms. The Morgan fingerprint density at radius 3 is 2.69 bits per heavy atom. The van der Waals surface area contributed by atoms with Crippen molar-refractivity contribution in [2.24, 2.45) is 5.92 Å². The predicted octanol–water partition coefficient (Wildman–Crippen LogP) is 3.28. The fraction of sp³-hybridized carbons (Fsp3) is 0.516. The van der Waals surface area contributed by atoms with Crippen molar-refractivity contribution < 1.29 is 14.0 Å². The zero-order valence-corrected chi connectivity index (χ0v) is 23.1. The zero-order chi connectivity index (χ0) is 27.5. The molecule has 1 aliphatic carbocycles. The molecule has 0 unspecified atom stereocenters. The lowest BCUT2D eigenvalue weighted by Crippen LogP contribution is -2.61. The van der Waals surface area contributed by atoms with E-state index in [0.29, 0.717) is 26.1 Å². The van der Waals surface area contributed by atoms with E-state index < -0.39 is 0 Å². The fourth-order valence-electron chi connectivity index (χ4n) is 6.96. The summed E-state index contributed by atoms with van der Waals surface area (Å²) in [4.78, 5) is 37.8. The molecule has 4 heterocycles. The summed E-state index contributed by atoms with van der Waals surface area (Å²) in [6, 6.07) is 9.06. The molecule has 2 aromatic rings. The number of carbonyl (C=O) groups is 2. The van der Waals surface area contributed by atoms with Crippen LogP contribution >= 0.6 is 0 Å². The molecule has 0 radical (unpaired) electrons. The monoisotopic (exact) mass is 531 g/mol. The normalized spacial score (nSPS) is 27.9.